The van der Waals surface area contributed by atoms with Gasteiger partial charge in [0, 0.05) is 18.7 Å². The van der Waals surface area contributed by atoms with Crippen molar-refractivity contribution in [2.75, 3.05) is 26.3 Å². The molecule has 0 saturated carbocycles. The SMILES string of the molecule is Cc1cc(C(=O)N2CCC(OCCO)CC2)ccc1F. The summed E-state index contributed by atoms with van der Waals surface area (Å²) in [6.07, 6.45) is 1.65. The van der Waals surface area contributed by atoms with Crippen LogP contribution in [0.25, 0.3) is 0 Å². The van der Waals surface area contributed by atoms with Gasteiger partial charge in [0.1, 0.15) is 5.82 Å². The molecule has 1 fully saturated rings. The van der Waals surface area contributed by atoms with Crippen LogP contribution in [0.4, 0.5) is 4.39 Å². The number of halogens is 1. The van der Waals surface area contributed by atoms with E-state index in [1.165, 1.54) is 12.1 Å². The summed E-state index contributed by atoms with van der Waals surface area (Å²) in [6.45, 7) is 3.28. The van der Waals surface area contributed by atoms with Gasteiger partial charge in [0.05, 0.1) is 19.3 Å². The lowest BCUT2D eigenvalue weighted by Gasteiger charge is -2.32. The van der Waals surface area contributed by atoms with Crippen LogP contribution in [0, 0.1) is 12.7 Å². The number of carbonyl (C=O) groups excluding carboxylic acids is 1. The predicted octanol–water partition coefficient (Wildman–Crippen LogP) is 1.75. The first-order valence-electron chi connectivity index (χ1n) is 6.89. The Morgan fingerprint density at radius 3 is 2.75 bits per heavy atom. The highest BCUT2D eigenvalue weighted by Crippen LogP contribution is 2.17. The third kappa shape index (κ3) is 3.55. The van der Waals surface area contributed by atoms with Gasteiger partial charge in [-0.25, -0.2) is 4.39 Å². The zero-order chi connectivity index (χ0) is 14.5. The number of aliphatic hydroxyl groups excluding tert-OH is 1. The van der Waals surface area contributed by atoms with Crippen molar-refractivity contribution in [2.45, 2.75) is 25.9 Å². The summed E-state index contributed by atoms with van der Waals surface area (Å²) in [5, 5.41) is 8.71. The molecule has 1 heterocycles. The van der Waals surface area contributed by atoms with E-state index in [-0.39, 0.29) is 24.4 Å². The van der Waals surface area contributed by atoms with E-state index in [0.29, 0.717) is 30.8 Å². The fraction of sp³-hybridized carbons (Fsp3) is 0.533. The second-order valence-corrected chi connectivity index (χ2v) is 5.05. The molecule has 0 aromatic heterocycles. The van der Waals surface area contributed by atoms with Crippen LogP contribution in [0.1, 0.15) is 28.8 Å². The van der Waals surface area contributed by atoms with Crippen molar-refractivity contribution in [3.8, 4) is 0 Å². The molecule has 4 nitrogen and oxygen atoms in total. The number of aryl methyl sites for hydroxylation is 1. The Labute approximate surface area is 118 Å². The molecular weight excluding hydrogens is 261 g/mol. The smallest absolute Gasteiger partial charge is 0.253 e. The third-order valence-electron chi connectivity index (χ3n) is 3.58. The Morgan fingerprint density at radius 1 is 1.45 bits per heavy atom. The van der Waals surface area contributed by atoms with Gasteiger partial charge in [-0.2, -0.15) is 0 Å². The van der Waals surface area contributed by atoms with Gasteiger partial charge in [0.2, 0.25) is 0 Å². The van der Waals surface area contributed by atoms with Crippen LogP contribution in [0.5, 0.6) is 0 Å². The third-order valence-corrected chi connectivity index (χ3v) is 3.58. The second kappa shape index (κ2) is 6.81. The first-order valence-corrected chi connectivity index (χ1v) is 6.89. The number of amides is 1. The number of piperidine rings is 1. The number of likely N-dealkylation sites (tertiary alicyclic amines) is 1. The van der Waals surface area contributed by atoms with E-state index in [1.54, 1.807) is 17.9 Å². The first kappa shape index (κ1) is 14.9. The second-order valence-electron chi connectivity index (χ2n) is 5.05. The monoisotopic (exact) mass is 281 g/mol. The summed E-state index contributed by atoms with van der Waals surface area (Å²) in [5.74, 6) is -0.355. The molecule has 1 aromatic rings. The number of benzene rings is 1. The van der Waals surface area contributed by atoms with Gasteiger partial charge in [-0.05, 0) is 43.5 Å². The molecule has 5 heteroatoms. The number of hydrogen-bond donors (Lipinski definition) is 1. The molecule has 1 saturated heterocycles. The standard InChI is InChI=1S/C15H20FNO3/c1-11-10-12(2-3-14(11)16)15(19)17-6-4-13(5-7-17)20-9-8-18/h2-3,10,13,18H,4-9H2,1H3. The van der Waals surface area contributed by atoms with Crippen LogP contribution in [-0.4, -0.2) is 48.3 Å². The Balaban J connectivity index is 1.92. The summed E-state index contributed by atoms with van der Waals surface area (Å²) in [5.41, 5.74) is 1.01. The maximum absolute atomic E-state index is 13.2. The average Bonchev–Trinajstić information content (AvgIpc) is 2.48. The van der Waals surface area contributed by atoms with Gasteiger partial charge in [-0.15, -0.1) is 0 Å². The lowest BCUT2D eigenvalue weighted by Crippen LogP contribution is -2.41. The maximum Gasteiger partial charge on any atom is 0.253 e. The van der Waals surface area contributed by atoms with Crippen LogP contribution in [0.2, 0.25) is 0 Å². The molecule has 1 amide bonds. The number of aliphatic hydroxyl groups is 1. The first-order chi connectivity index (χ1) is 9.61. The molecule has 20 heavy (non-hydrogen) atoms. The topological polar surface area (TPSA) is 49.8 Å². The maximum atomic E-state index is 13.2. The zero-order valence-electron chi connectivity index (χ0n) is 11.6. The van der Waals surface area contributed by atoms with E-state index >= 15 is 0 Å². The molecule has 0 unspecified atom stereocenters. The molecule has 0 spiro atoms. The summed E-state index contributed by atoms with van der Waals surface area (Å²) in [6, 6.07) is 4.45. The Hall–Kier alpha value is -1.46. The normalized spacial score (nSPS) is 16.4. The molecule has 2 rings (SSSR count). The van der Waals surface area contributed by atoms with Gasteiger partial charge in [0.25, 0.3) is 5.91 Å². The van der Waals surface area contributed by atoms with E-state index in [0.717, 1.165) is 12.8 Å². The van der Waals surface area contributed by atoms with E-state index in [1.807, 2.05) is 0 Å². The van der Waals surface area contributed by atoms with Crippen LogP contribution in [0.3, 0.4) is 0 Å². The van der Waals surface area contributed by atoms with Crippen molar-refractivity contribution in [3.05, 3.63) is 35.1 Å². The largest absolute Gasteiger partial charge is 0.394 e. The minimum absolute atomic E-state index is 0.0218. The van der Waals surface area contributed by atoms with Gasteiger partial charge in [-0.3, -0.25) is 4.79 Å². The summed E-state index contributed by atoms with van der Waals surface area (Å²) in [7, 11) is 0. The number of ether oxygens (including phenoxy) is 1. The van der Waals surface area contributed by atoms with Crippen molar-refractivity contribution >= 4 is 5.91 Å². The Kier molecular flexibility index (Phi) is 5.09. The molecule has 0 bridgehead atoms. The molecule has 110 valence electrons. The van der Waals surface area contributed by atoms with Crippen molar-refractivity contribution < 1.29 is 19.0 Å². The van der Waals surface area contributed by atoms with Crippen LogP contribution >= 0.6 is 0 Å². The molecule has 0 aliphatic carbocycles. The van der Waals surface area contributed by atoms with Crippen molar-refractivity contribution in [3.63, 3.8) is 0 Å². The summed E-state index contributed by atoms with van der Waals surface area (Å²) < 4.78 is 18.7. The zero-order valence-corrected chi connectivity index (χ0v) is 11.6. The van der Waals surface area contributed by atoms with Gasteiger partial charge < -0.3 is 14.7 Å². The van der Waals surface area contributed by atoms with Crippen LogP contribution in [0.15, 0.2) is 18.2 Å². The van der Waals surface area contributed by atoms with Crippen molar-refractivity contribution in [1.29, 1.82) is 0 Å². The van der Waals surface area contributed by atoms with Crippen LogP contribution < -0.4 is 0 Å². The highest BCUT2D eigenvalue weighted by molar-refractivity contribution is 5.94. The molecule has 1 aliphatic rings. The fourth-order valence-electron chi connectivity index (χ4n) is 2.41. The predicted molar refractivity (Wildman–Crippen MR) is 73.1 cm³/mol. The van der Waals surface area contributed by atoms with Crippen molar-refractivity contribution in [2.24, 2.45) is 0 Å². The fourth-order valence-corrected chi connectivity index (χ4v) is 2.41. The lowest BCUT2D eigenvalue weighted by molar-refractivity contribution is -0.00554. The summed E-state index contributed by atoms with van der Waals surface area (Å²) >= 11 is 0. The van der Waals surface area contributed by atoms with E-state index < -0.39 is 0 Å². The van der Waals surface area contributed by atoms with Crippen molar-refractivity contribution in [1.82, 2.24) is 4.90 Å². The number of hydrogen-bond acceptors (Lipinski definition) is 3. The average molecular weight is 281 g/mol. The number of carbonyl (C=O) groups is 1. The van der Waals surface area contributed by atoms with E-state index in [2.05, 4.69) is 0 Å². The van der Waals surface area contributed by atoms with Gasteiger partial charge >= 0.3 is 0 Å². The van der Waals surface area contributed by atoms with E-state index in [9.17, 15) is 9.18 Å². The minimum atomic E-state index is -0.294. The summed E-state index contributed by atoms with van der Waals surface area (Å²) in [4.78, 5) is 14.1. The Bertz CT molecular complexity index is 470. The van der Waals surface area contributed by atoms with Crippen LogP contribution in [-0.2, 0) is 4.74 Å². The lowest BCUT2D eigenvalue weighted by atomic mass is 10.1. The number of nitrogens with zero attached hydrogens (tertiary/aromatic N) is 1. The van der Waals surface area contributed by atoms with Gasteiger partial charge in [0.15, 0.2) is 0 Å². The molecule has 0 radical (unpaired) electrons. The molecule has 1 aliphatic heterocycles. The molecule has 1 aromatic carbocycles. The van der Waals surface area contributed by atoms with Gasteiger partial charge in [-0.1, -0.05) is 0 Å². The van der Waals surface area contributed by atoms with E-state index in [4.69, 9.17) is 9.84 Å². The molecular formula is C15H20FNO3. The minimum Gasteiger partial charge on any atom is -0.394 e. The highest BCUT2D eigenvalue weighted by atomic mass is 19.1. The number of rotatable bonds is 4. The molecule has 1 N–H and O–H groups in total. The quantitative estimate of drug-likeness (QED) is 0.914. The highest BCUT2D eigenvalue weighted by Gasteiger charge is 2.24. The Morgan fingerprint density at radius 2 is 2.15 bits per heavy atom. The molecule has 0 atom stereocenters.